The van der Waals surface area contributed by atoms with Gasteiger partial charge in [-0.15, -0.1) is 0 Å². The minimum atomic E-state index is -1.90. The molecule has 4 rings (SSSR count). The van der Waals surface area contributed by atoms with Gasteiger partial charge in [-0.05, 0) is 42.5 Å². The van der Waals surface area contributed by atoms with Crippen LogP contribution in [0.15, 0.2) is 109 Å². The highest BCUT2D eigenvalue weighted by Gasteiger charge is 2.46. The average Bonchev–Trinajstić information content (AvgIpc) is 2.75. The molecule has 0 N–H and O–H groups in total. The standard InChI is InChI=1S/C23H20N2P.BrH/c1-4-11-20(12-5-1)26(21-13-6-2-7-14-21,22-15-8-3-9-16-22)19-23-24-17-10-18-25-23;/h1-18H,19H2;1H/q+1;/p-1. The molecule has 0 bridgehead atoms. The number of halogens is 1. The van der Waals surface area contributed by atoms with Crippen molar-refractivity contribution in [1.29, 1.82) is 0 Å². The quantitative estimate of drug-likeness (QED) is 0.437. The van der Waals surface area contributed by atoms with Crippen molar-refractivity contribution in [2.45, 2.75) is 6.16 Å². The van der Waals surface area contributed by atoms with Gasteiger partial charge in [0.25, 0.3) is 0 Å². The molecule has 0 atom stereocenters. The van der Waals surface area contributed by atoms with Crippen LogP contribution in [-0.4, -0.2) is 9.97 Å². The van der Waals surface area contributed by atoms with E-state index in [2.05, 4.69) is 101 Å². The Balaban J connectivity index is 0.00000210. The second kappa shape index (κ2) is 9.03. The first kappa shape index (κ1) is 19.4. The zero-order valence-corrected chi connectivity index (χ0v) is 17.3. The number of hydrogen-bond acceptors (Lipinski definition) is 2. The number of aromatic nitrogens is 2. The minimum absolute atomic E-state index is 0. The van der Waals surface area contributed by atoms with Crippen LogP contribution in [0.25, 0.3) is 0 Å². The third-order valence-electron chi connectivity index (χ3n) is 4.59. The van der Waals surface area contributed by atoms with Crippen molar-refractivity contribution in [3.8, 4) is 0 Å². The van der Waals surface area contributed by atoms with Crippen molar-refractivity contribution in [3.05, 3.63) is 115 Å². The van der Waals surface area contributed by atoms with Crippen molar-refractivity contribution >= 4 is 23.2 Å². The minimum Gasteiger partial charge on any atom is -1.00 e. The zero-order chi connectivity index (χ0) is 17.7. The molecule has 4 aromatic rings. The van der Waals surface area contributed by atoms with Crippen molar-refractivity contribution in [3.63, 3.8) is 0 Å². The SMILES string of the molecule is [Br-].c1ccc([P+](Cc2ncccn2)(c2ccccc2)c2ccccc2)cc1. The van der Waals surface area contributed by atoms with Crippen LogP contribution >= 0.6 is 7.26 Å². The fourth-order valence-electron chi connectivity index (χ4n) is 3.39. The molecule has 1 heterocycles. The van der Waals surface area contributed by atoms with Crippen LogP contribution in [0.5, 0.6) is 0 Å². The van der Waals surface area contributed by atoms with Gasteiger partial charge in [0.15, 0.2) is 5.82 Å². The highest BCUT2D eigenvalue weighted by Crippen LogP contribution is 2.57. The Morgan fingerprint density at radius 2 is 0.889 bits per heavy atom. The maximum absolute atomic E-state index is 4.56. The molecule has 2 nitrogen and oxygen atoms in total. The maximum Gasteiger partial charge on any atom is 0.167 e. The van der Waals surface area contributed by atoms with Gasteiger partial charge in [0.1, 0.15) is 29.3 Å². The summed E-state index contributed by atoms with van der Waals surface area (Å²) in [5, 5.41) is 4.06. The number of hydrogen-bond donors (Lipinski definition) is 0. The second-order valence-corrected chi connectivity index (χ2v) is 9.62. The summed E-state index contributed by atoms with van der Waals surface area (Å²) in [7, 11) is -1.90. The maximum atomic E-state index is 4.56. The van der Waals surface area contributed by atoms with Gasteiger partial charge < -0.3 is 17.0 Å². The van der Waals surface area contributed by atoms with E-state index < -0.39 is 7.26 Å². The third kappa shape index (κ3) is 4.00. The average molecular weight is 435 g/mol. The van der Waals surface area contributed by atoms with Crippen LogP contribution < -0.4 is 32.9 Å². The van der Waals surface area contributed by atoms with Crippen LogP contribution in [0, 0.1) is 0 Å². The van der Waals surface area contributed by atoms with Crippen molar-refractivity contribution in [2.75, 3.05) is 0 Å². The van der Waals surface area contributed by atoms with E-state index in [0.29, 0.717) is 0 Å². The van der Waals surface area contributed by atoms with E-state index in [1.807, 2.05) is 18.5 Å². The van der Waals surface area contributed by atoms with E-state index in [9.17, 15) is 0 Å². The molecule has 134 valence electrons. The Hall–Kier alpha value is -2.35. The predicted molar refractivity (Wildman–Crippen MR) is 111 cm³/mol. The molecular formula is C23H20BrN2P. The summed E-state index contributed by atoms with van der Waals surface area (Å²) in [6.45, 7) is 0. The Labute approximate surface area is 171 Å². The molecule has 0 spiro atoms. The van der Waals surface area contributed by atoms with Crippen LogP contribution in [-0.2, 0) is 6.16 Å². The predicted octanol–water partition coefficient (Wildman–Crippen LogP) is 0.975. The molecular weight excluding hydrogens is 415 g/mol. The van der Waals surface area contributed by atoms with Gasteiger partial charge in [0.05, 0.1) is 0 Å². The van der Waals surface area contributed by atoms with E-state index in [4.69, 9.17) is 0 Å². The Morgan fingerprint density at radius 1 is 0.519 bits per heavy atom. The molecule has 27 heavy (non-hydrogen) atoms. The molecule has 0 saturated carbocycles. The van der Waals surface area contributed by atoms with Gasteiger partial charge in [-0.2, -0.15) is 0 Å². The summed E-state index contributed by atoms with van der Waals surface area (Å²) < 4.78 is 0. The molecule has 0 fully saturated rings. The lowest BCUT2D eigenvalue weighted by Gasteiger charge is -2.27. The van der Waals surface area contributed by atoms with Crippen molar-refractivity contribution in [1.82, 2.24) is 9.97 Å². The van der Waals surface area contributed by atoms with Gasteiger partial charge in [-0.3, -0.25) is 0 Å². The van der Waals surface area contributed by atoms with Crippen LogP contribution in [0.2, 0.25) is 0 Å². The molecule has 0 saturated heterocycles. The first-order chi connectivity index (χ1) is 12.9. The molecule has 0 aliphatic rings. The summed E-state index contributed by atoms with van der Waals surface area (Å²) >= 11 is 0. The normalized spacial score (nSPS) is 10.8. The molecule has 0 unspecified atom stereocenters. The van der Waals surface area contributed by atoms with Gasteiger partial charge in [-0.1, -0.05) is 54.6 Å². The highest BCUT2D eigenvalue weighted by atomic mass is 79.9. The smallest absolute Gasteiger partial charge is 0.167 e. The fourth-order valence-corrected chi connectivity index (χ4v) is 7.47. The van der Waals surface area contributed by atoms with Crippen LogP contribution in [0.3, 0.4) is 0 Å². The lowest BCUT2D eigenvalue weighted by atomic mass is 10.4. The van der Waals surface area contributed by atoms with Crippen LogP contribution in [0.4, 0.5) is 0 Å². The van der Waals surface area contributed by atoms with Crippen molar-refractivity contribution in [2.24, 2.45) is 0 Å². The van der Waals surface area contributed by atoms with Gasteiger partial charge in [0.2, 0.25) is 0 Å². The van der Waals surface area contributed by atoms with E-state index in [1.165, 1.54) is 15.9 Å². The first-order valence-corrected chi connectivity index (χ1v) is 10.7. The summed E-state index contributed by atoms with van der Waals surface area (Å²) in [6.07, 6.45) is 4.47. The largest absolute Gasteiger partial charge is 1.00 e. The molecule has 0 aliphatic heterocycles. The second-order valence-electron chi connectivity index (χ2n) is 6.14. The molecule has 1 aromatic heterocycles. The Kier molecular flexibility index (Phi) is 6.49. The van der Waals surface area contributed by atoms with Crippen molar-refractivity contribution < 1.29 is 17.0 Å². The molecule has 0 amide bonds. The number of benzene rings is 3. The molecule has 0 radical (unpaired) electrons. The summed E-state index contributed by atoms with van der Waals surface area (Å²) in [5.41, 5.74) is 0. The topological polar surface area (TPSA) is 25.8 Å². The van der Waals surface area contributed by atoms with Crippen LogP contribution in [0.1, 0.15) is 5.82 Å². The van der Waals surface area contributed by atoms with Gasteiger partial charge in [0, 0.05) is 12.4 Å². The van der Waals surface area contributed by atoms with Gasteiger partial charge >= 0.3 is 0 Å². The summed E-state index contributed by atoms with van der Waals surface area (Å²) in [5.74, 6) is 0.886. The molecule has 0 aliphatic carbocycles. The van der Waals surface area contributed by atoms with Gasteiger partial charge in [-0.25, -0.2) is 9.97 Å². The molecule has 3 aromatic carbocycles. The fraction of sp³-hybridized carbons (Fsp3) is 0.0435. The Bertz CT molecular complexity index is 852. The zero-order valence-electron chi connectivity index (χ0n) is 14.8. The lowest BCUT2D eigenvalue weighted by Crippen LogP contribution is -3.00. The lowest BCUT2D eigenvalue weighted by molar-refractivity contribution is -0.00000524. The van der Waals surface area contributed by atoms with E-state index in [-0.39, 0.29) is 17.0 Å². The first-order valence-electron chi connectivity index (χ1n) is 8.70. The summed E-state index contributed by atoms with van der Waals surface area (Å²) in [6, 6.07) is 34.3. The molecule has 4 heteroatoms. The highest BCUT2D eigenvalue weighted by molar-refractivity contribution is 7.95. The van der Waals surface area contributed by atoms with E-state index >= 15 is 0 Å². The monoisotopic (exact) mass is 434 g/mol. The third-order valence-corrected chi connectivity index (χ3v) is 8.88. The van der Waals surface area contributed by atoms with E-state index in [0.717, 1.165) is 12.0 Å². The number of nitrogens with zero attached hydrogens (tertiary/aromatic N) is 2. The Morgan fingerprint density at radius 3 is 1.26 bits per heavy atom. The summed E-state index contributed by atoms with van der Waals surface area (Å²) in [4.78, 5) is 9.11. The van der Waals surface area contributed by atoms with E-state index in [1.54, 1.807) is 0 Å². The number of rotatable bonds is 5.